The molecule has 2 heterocycles. The highest BCUT2D eigenvalue weighted by Crippen LogP contribution is 2.31. The van der Waals surface area contributed by atoms with Crippen LogP contribution in [-0.2, 0) is 0 Å². The van der Waals surface area contributed by atoms with Crippen LogP contribution in [0.5, 0.6) is 11.5 Å². The first-order valence-corrected chi connectivity index (χ1v) is 11.3. The number of benzene rings is 4. The van der Waals surface area contributed by atoms with Gasteiger partial charge in [0.15, 0.2) is 11.3 Å². The summed E-state index contributed by atoms with van der Waals surface area (Å²) >= 11 is 3.58. The van der Waals surface area contributed by atoms with E-state index >= 15 is 0 Å². The molecule has 0 amide bonds. The van der Waals surface area contributed by atoms with Gasteiger partial charge in [-0.15, -0.1) is 0 Å². The summed E-state index contributed by atoms with van der Waals surface area (Å²) in [7, 11) is 0. The number of hydrogen-bond donors (Lipinski definition) is 0. The molecule has 4 aromatic carbocycles. The molecule has 0 aliphatic carbocycles. The van der Waals surface area contributed by atoms with Crippen molar-refractivity contribution < 1.29 is 4.74 Å². The summed E-state index contributed by atoms with van der Waals surface area (Å²) in [6.45, 7) is 0. The van der Waals surface area contributed by atoms with Crippen LogP contribution in [0.25, 0.3) is 39.4 Å². The molecule has 33 heavy (non-hydrogen) atoms. The smallest absolute Gasteiger partial charge is 0.199 e. The van der Waals surface area contributed by atoms with E-state index in [1.165, 1.54) is 0 Å². The second-order valence-electron chi connectivity index (χ2n) is 7.55. The number of ether oxygens (including phenoxy) is 1. The zero-order chi connectivity index (χ0) is 22.2. The lowest BCUT2D eigenvalue weighted by Crippen LogP contribution is -1.99. The lowest BCUT2D eigenvalue weighted by atomic mass is 10.2. The van der Waals surface area contributed by atoms with Crippen LogP contribution in [0.4, 0.5) is 0 Å². The van der Waals surface area contributed by atoms with E-state index in [4.69, 9.17) is 19.7 Å². The number of aromatic nitrogens is 4. The van der Waals surface area contributed by atoms with Gasteiger partial charge >= 0.3 is 0 Å². The first-order chi connectivity index (χ1) is 16.2. The normalized spacial score (nSPS) is 11.2. The third-order valence-corrected chi connectivity index (χ3v) is 5.82. The molecule has 0 fully saturated rings. The van der Waals surface area contributed by atoms with E-state index in [0.717, 1.165) is 44.1 Å². The Bertz CT molecular complexity index is 1590. The standard InChI is InChI=1S/C27H17BrN4O/c28-19-8-6-7-18(17-19)26-31-25-27(30-24-12-5-4-11-23(24)29-25)32(26)20-13-15-22(16-14-20)33-21-9-2-1-3-10-21/h1-17H. The third-order valence-electron chi connectivity index (χ3n) is 5.33. The molecular formula is C27H17BrN4O. The number of para-hydroxylation sites is 3. The first-order valence-electron chi connectivity index (χ1n) is 10.5. The highest BCUT2D eigenvalue weighted by Gasteiger charge is 2.18. The van der Waals surface area contributed by atoms with Gasteiger partial charge in [0.1, 0.15) is 17.3 Å². The van der Waals surface area contributed by atoms with Gasteiger partial charge in [-0.1, -0.05) is 58.4 Å². The minimum Gasteiger partial charge on any atom is -0.457 e. The molecule has 5 nitrogen and oxygen atoms in total. The topological polar surface area (TPSA) is 52.8 Å². The van der Waals surface area contributed by atoms with E-state index in [-0.39, 0.29) is 0 Å². The number of rotatable bonds is 4. The van der Waals surface area contributed by atoms with Crippen molar-refractivity contribution in [1.82, 2.24) is 19.5 Å². The van der Waals surface area contributed by atoms with Crippen molar-refractivity contribution in [3.05, 3.63) is 108 Å². The average molecular weight is 493 g/mol. The minimum atomic E-state index is 0.605. The number of fused-ring (bicyclic) bond motifs is 2. The van der Waals surface area contributed by atoms with Gasteiger partial charge in [0, 0.05) is 15.7 Å². The minimum absolute atomic E-state index is 0.605. The summed E-state index contributed by atoms with van der Waals surface area (Å²) in [4.78, 5) is 14.6. The molecule has 2 aromatic heterocycles. The number of nitrogens with zero attached hydrogens (tertiary/aromatic N) is 4. The summed E-state index contributed by atoms with van der Waals surface area (Å²) in [6, 6.07) is 33.6. The molecule has 0 aliphatic heterocycles. The zero-order valence-corrected chi connectivity index (χ0v) is 19.0. The molecule has 0 N–H and O–H groups in total. The van der Waals surface area contributed by atoms with Crippen LogP contribution in [0.15, 0.2) is 108 Å². The fourth-order valence-corrected chi connectivity index (χ4v) is 4.21. The van der Waals surface area contributed by atoms with E-state index in [2.05, 4.69) is 15.9 Å². The van der Waals surface area contributed by atoms with Gasteiger partial charge in [-0.05, 0) is 60.7 Å². The Morgan fingerprint density at radius 1 is 0.636 bits per heavy atom. The lowest BCUT2D eigenvalue weighted by Gasteiger charge is -2.11. The Labute approximate surface area is 198 Å². The van der Waals surface area contributed by atoms with E-state index < -0.39 is 0 Å². The van der Waals surface area contributed by atoms with E-state index in [9.17, 15) is 0 Å². The van der Waals surface area contributed by atoms with Crippen LogP contribution in [0.1, 0.15) is 0 Å². The predicted molar refractivity (Wildman–Crippen MR) is 134 cm³/mol. The Balaban J connectivity index is 1.52. The van der Waals surface area contributed by atoms with Crippen molar-refractivity contribution in [2.75, 3.05) is 0 Å². The Morgan fingerprint density at radius 2 is 1.33 bits per heavy atom. The predicted octanol–water partition coefficient (Wildman–Crippen LogP) is 7.19. The number of imidazole rings is 1. The quantitative estimate of drug-likeness (QED) is 0.261. The molecule has 0 radical (unpaired) electrons. The fraction of sp³-hybridized carbons (Fsp3) is 0. The van der Waals surface area contributed by atoms with Crippen molar-refractivity contribution in [2.24, 2.45) is 0 Å². The summed E-state index contributed by atoms with van der Waals surface area (Å²) < 4.78 is 8.99. The summed E-state index contributed by atoms with van der Waals surface area (Å²) in [5.41, 5.74) is 4.86. The maximum absolute atomic E-state index is 5.97. The molecule has 0 unspecified atom stereocenters. The van der Waals surface area contributed by atoms with Crippen molar-refractivity contribution in [1.29, 1.82) is 0 Å². The van der Waals surface area contributed by atoms with Crippen molar-refractivity contribution in [2.45, 2.75) is 0 Å². The third kappa shape index (κ3) is 3.75. The van der Waals surface area contributed by atoms with Crippen LogP contribution in [0.3, 0.4) is 0 Å². The second-order valence-corrected chi connectivity index (χ2v) is 8.47. The van der Waals surface area contributed by atoms with Gasteiger partial charge in [-0.25, -0.2) is 15.0 Å². The maximum Gasteiger partial charge on any atom is 0.199 e. The SMILES string of the molecule is Brc1cccc(-c2nc3nc4ccccc4nc3n2-c2ccc(Oc3ccccc3)cc2)c1. The summed E-state index contributed by atoms with van der Waals surface area (Å²) in [5.74, 6) is 2.33. The zero-order valence-electron chi connectivity index (χ0n) is 17.4. The Kier molecular flexibility index (Phi) is 4.85. The summed E-state index contributed by atoms with van der Waals surface area (Å²) in [6.07, 6.45) is 0. The highest BCUT2D eigenvalue weighted by atomic mass is 79.9. The van der Waals surface area contributed by atoms with Gasteiger partial charge < -0.3 is 4.74 Å². The highest BCUT2D eigenvalue weighted by molar-refractivity contribution is 9.10. The molecule has 0 bridgehead atoms. The Hall–Kier alpha value is -4.03. The number of hydrogen-bond acceptors (Lipinski definition) is 4. The molecule has 0 saturated carbocycles. The van der Waals surface area contributed by atoms with Crippen LogP contribution >= 0.6 is 15.9 Å². The van der Waals surface area contributed by atoms with Crippen LogP contribution < -0.4 is 4.74 Å². The van der Waals surface area contributed by atoms with Gasteiger partial charge in [0.2, 0.25) is 0 Å². The van der Waals surface area contributed by atoms with E-state index in [1.807, 2.05) is 108 Å². The Morgan fingerprint density at radius 3 is 2.09 bits per heavy atom. The molecule has 0 atom stereocenters. The average Bonchev–Trinajstić information content (AvgIpc) is 3.22. The van der Waals surface area contributed by atoms with Gasteiger partial charge in [-0.2, -0.15) is 0 Å². The van der Waals surface area contributed by atoms with Gasteiger partial charge in [-0.3, -0.25) is 4.57 Å². The molecule has 0 aliphatic rings. The van der Waals surface area contributed by atoms with Crippen molar-refractivity contribution in [3.8, 4) is 28.6 Å². The van der Waals surface area contributed by atoms with Gasteiger partial charge in [0.25, 0.3) is 0 Å². The maximum atomic E-state index is 5.97. The molecule has 6 aromatic rings. The van der Waals surface area contributed by atoms with E-state index in [0.29, 0.717) is 11.3 Å². The van der Waals surface area contributed by atoms with Crippen LogP contribution in [-0.4, -0.2) is 19.5 Å². The molecule has 6 heteroatoms. The second kappa shape index (κ2) is 8.15. The molecule has 6 rings (SSSR count). The molecule has 0 spiro atoms. The van der Waals surface area contributed by atoms with E-state index in [1.54, 1.807) is 0 Å². The van der Waals surface area contributed by atoms with Crippen molar-refractivity contribution >= 4 is 38.3 Å². The lowest BCUT2D eigenvalue weighted by molar-refractivity contribution is 0.482. The monoisotopic (exact) mass is 492 g/mol. The summed E-state index contributed by atoms with van der Waals surface area (Å²) in [5, 5.41) is 0. The molecule has 0 saturated heterocycles. The first kappa shape index (κ1) is 19.6. The van der Waals surface area contributed by atoms with Crippen molar-refractivity contribution in [3.63, 3.8) is 0 Å². The molecule has 158 valence electrons. The largest absolute Gasteiger partial charge is 0.457 e. The molecular weight excluding hydrogens is 476 g/mol. The van der Waals surface area contributed by atoms with Crippen LogP contribution in [0, 0.1) is 0 Å². The number of halogens is 1. The fourth-order valence-electron chi connectivity index (χ4n) is 3.81. The van der Waals surface area contributed by atoms with Gasteiger partial charge in [0.05, 0.1) is 11.0 Å². The van der Waals surface area contributed by atoms with Crippen LogP contribution in [0.2, 0.25) is 0 Å².